The highest BCUT2D eigenvalue weighted by atomic mass is 16.6. The summed E-state index contributed by atoms with van der Waals surface area (Å²) in [5, 5.41) is 13.9. The van der Waals surface area contributed by atoms with Crippen LogP contribution in [-0.2, 0) is 0 Å². The van der Waals surface area contributed by atoms with Gasteiger partial charge < -0.3 is 10.2 Å². The van der Waals surface area contributed by atoms with Crippen molar-refractivity contribution in [2.45, 2.75) is 25.8 Å². The Morgan fingerprint density at radius 2 is 2.33 bits per heavy atom. The van der Waals surface area contributed by atoms with Crippen molar-refractivity contribution in [3.8, 4) is 0 Å². The number of aryl methyl sites for hydroxylation is 1. The molecule has 5 nitrogen and oxygen atoms in total. The molecule has 0 aliphatic carbocycles. The third kappa shape index (κ3) is 2.46. The molecule has 98 valence electrons. The van der Waals surface area contributed by atoms with Crippen LogP contribution in [0.2, 0.25) is 0 Å². The summed E-state index contributed by atoms with van der Waals surface area (Å²) >= 11 is 0. The van der Waals surface area contributed by atoms with Gasteiger partial charge in [-0.25, -0.2) is 0 Å². The molecule has 5 heteroatoms. The van der Waals surface area contributed by atoms with E-state index in [9.17, 15) is 10.1 Å². The van der Waals surface area contributed by atoms with Crippen LogP contribution in [0.15, 0.2) is 18.2 Å². The van der Waals surface area contributed by atoms with Crippen molar-refractivity contribution in [1.82, 2.24) is 5.32 Å². The van der Waals surface area contributed by atoms with Crippen LogP contribution in [0.3, 0.4) is 0 Å². The Hall–Kier alpha value is -1.62. The first-order chi connectivity index (χ1) is 8.63. The van der Waals surface area contributed by atoms with Gasteiger partial charge in [-0.15, -0.1) is 0 Å². The molecule has 0 bridgehead atoms. The molecule has 1 unspecified atom stereocenters. The molecule has 1 aliphatic heterocycles. The summed E-state index contributed by atoms with van der Waals surface area (Å²) in [6, 6.07) is 5.62. The summed E-state index contributed by atoms with van der Waals surface area (Å²) in [4.78, 5) is 12.7. The first-order valence-corrected chi connectivity index (χ1v) is 6.29. The van der Waals surface area contributed by atoms with E-state index in [2.05, 4.69) is 10.2 Å². The smallest absolute Gasteiger partial charge is 0.269 e. The highest BCUT2D eigenvalue weighted by Gasteiger charge is 2.25. The number of nitro benzene ring substituents is 1. The van der Waals surface area contributed by atoms with E-state index in [1.54, 1.807) is 12.1 Å². The van der Waals surface area contributed by atoms with Gasteiger partial charge in [0.25, 0.3) is 5.69 Å². The van der Waals surface area contributed by atoms with Crippen LogP contribution in [0.25, 0.3) is 0 Å². The zero-order valence-electron chi connectivity index (χ0n) is 10.8. The molecule has 1 aliphatic rings. The summed E-state index contributed by atoms with van der Waals surface area (Å²) in [5.74, 6) is 0. The molecule has 1 fully saturated rings. The first-order valence-electron chi connectivity index (χ1n) is 6.29. The van der Waals surface area contributed by atoms with E-state index >= 15 is 0 Å². The van der Waals surface area contributed by atoms with Gasteiger partial charge in [0.15, 0.2) is 0 Å². The predicted octanol–water partition coefficient (Wildman–Crippen LogP) is 2.09. The summed E-state index contributed by atoms with van der Waals surface area (Å²) < 4.78 is 0. The predicted molar refractivity (Wildman–Crippen MR) is 72.1 cm³/mol. The highest BCUT2D eigenvalue weighted by Crippen LogP contribution is 2.30. The zero-order chi connectivity index (χ0) is 13.1. The van der Waals surface area contributed by atoms with Crippen LogP contribution in [0.4, 0.5) is 11.4 Å². The number of hydrogen-bond donors (Lipinski definition) is 1. The van der Waals surface area contributed by atoms with E-state index in [0.29, 0.717) is 6.04 Å². The Labute approximate surface area is 107 Å². The molecule has 2 rings (SSSR count). The van der Waals surface area contributed by atoms with Gasteiger partial charge in [0.2, 0.25) is 0 Å². The molecule has 0 radical (unpaired) electrons. The number of benzene rings is 1. The number of non-ortho nitro benzene ring substituents is 1. The van der Waals surface area contributed by atoms with Crippen LogP contribution in [-0.4, -0.2) is 31.1 Å². The molecule has 1 saturated heterocycles. The SMILES string of the molecule is CNCC1CCCN1c1ccc([N+](=O)[O-])cc1C. The second-order valence-electron chi connectivity index (χ2n) is 4.78. The quantitative estimate of drug-likeness (QED) is 0.655. The fraction of sp³-hybridized carbons (Fsp3) is 0.538. The van der Waals surface area contributed by atoms with E-state index < -0.39 is 0 Å². The van der Waals surface area contributed by atoms with Crippen molar-refractivity contribution in [3.63, 3.8) is 0 Å². The number of nitro groups is 1. The second kappa shape index (κ2) is 5.35. The molecule has 1 heterocycles. The van der Waals surface area contributed by atoms with Gasteiger partial charge in [-0.1, -0.05) is 0 Å². The topological polar surface area (TPSA) is 58.4 Å². The second-order valence-corrected chi connectivity index (χ2v) is 4.78. The number of anilines is 1. The van der Waals surface area contributed by atoms with E-state index in [0.717, 1.165) is 24.3 Å². The van der Waals surface area contributed by atoms with Crippen molar-refractivity contribution < 1.29 is 4.92 Å². The average molecular weight is 249 g/mol. The normalized spacial score (nSPS) is 19.2. The lowest BCUT2D eigenvalue weighted by Gasteiger charge is -2.28. The van der Waals surface area contributed by atoms with Crippen LogP contribution in [0.5, 0.6) is 0 Å². The molecular weight excluding hydrogens is 230 g/mol. The summed E-state index contributed by atoms with van der Waals surface area (Å²) in [7, 11) is 1.96. The molecule has 1 aromatic carbocycles. The maximum Gasteiger partial charge on any atom is 0.269 e. The minimum Gasteiger partial charge on any atom is -0.367 e. The minimum atomic E-state index is -0.341. The summed E-state index contributed by atoms with van der Waals surface area (Å²) in [6.45, 7) is 3.93. The number of hydrogen-bond acceptors (Lipinski definition) is 4. The molecule has 0 saturated carbocycles. The van der Waals surface area contributed by atoms with Crippen LogP contribution in [0.1, 0.15) is 18.4 Å². The third-order valence-electron chi connectivity index (χ3n) is 3.52. The van der Waals surface area contributed by atoms with Crippen molar-refractivity contribution >= 4 is 11.4 Å². The van der Waals surface area contributed by atoms with E-state index in [1.165, 1.54) is 12.8 Å². The number of nitrogens with one attached hydrogen (secondary N) is 1. The van der Waals surface area contributed by atoms with Gasteiger partial charge in [0, 0.05) is 37.0 Å². The molecule has 1 aromatic rings. The van der Waals surface area contributed by atoms with Crippen LogP contribution >= 0.6 is 0 Å². The molecule has 1 atom stereocenters. The van der Waals surface area contributed by atoms with Crippen molar-refractivity contribution in [2.75, 3.05) is 25.0 Å². The Balaban J connectivity index is 2.25. The third-order valence-corrected chi connectivity index (χ3v) is 3.52. The maximum atomic E-state index is 10.7. The van der Waals surface area contributed by atoms with Crippen molar-refractivity contribution in [3.05, 3.63) is 33.9 Å². The molecule has 1 N–H and O–H groups in total. The Kier molecular flexibility index (Phi) is 3.81. The Bertz CT molecular complexity index is 448. The zero-order valence-corrected chi connectivity index (χ0v) is 10.8. The van der Waals surface area contributed by atoms with Gasteiger partial charge in [-0.2, -0.15) is 0 Å². The Morgan fingerprint density at radius 1 is 1.56 bits per heavy atom. The molecule has 0 aromatic heterocycles. The maximum absolute atomic E-state index is 10.7. The standard InChI is InChI=1S/C13H19N3O2/c1-10-8-11(16(17)18)5-6-13(10)15-7-3-4-12(15)9-14-2/h5-6,8,12,14H,3-4,7,9H2,1-2H3. The molecular formula is C13H19N3O2. The first kappa shape index (κ1) is 12.8. The van der Waals surface area contributed by atoms with E-state index in [1.807, 2.05) is 20.0 Å². The lowest BCUT2D eigenvalue weighted by Crippen LogP contribution is -2.37. The number of nitrogens with zero attached hydrogens (tertiary/aromatic N) is 2. The van der Waals surface area contributed by atoms with Gasteiger partial charge in [-0.05, 0) is 38.4 Å². The van der Waals surface area contributed by atoms with E-state index in [4.69, 9.17) is 0 Å². The average Bonchev–Trinajstić information content (AvgIpc) is 2.77. The summed E-state index contributed by atoms with van der Waals surface area (Å²) in [6.07, 6.45) is 2.36. The van der Waals surface area contributed by atoms with Crippen molar-refractivity contribution in [2.24, 2.45) is 0 Å². The fourth-order valence-corrected chi connectivity index (χ4v) is 2.68. The molecule has 18 heavy (non-hydrogen) atoms. The van der Waals surface area contributed by atoms with E-state index in [-0.39, 0.29) is 10.6 Å². The molecule has 0 amide bonds. The van der Waals surface area contributed by atoms with Crippen LogP contribution < -0.4 is 10.2 Å². The largest absolute Gasteiger partial charge is 0.367 e. The molecule has 0 spiro atoms. The van der Waals surface area contributed by atoms with Gasteiger partial charge in [0.1, 0.15) is 0 Å². The minimum absolute atomic E-state index is 0.167. The number of likely N-dealkylation sites (N-methyl/N-ethyl adjacent to an activating group) is 1. The lowest BCUT2D eigenvalue weighted by atomic mass is 10.1. The monoisotopic (exact) mass is 249 g/mol. The highest BCUT2D eigenvalue weighted by molar-refractivity contribution is 5.58. The van der Waals surface area contributed by atoms with Crippen molar-refractivity contribution in [1.29, 1.82) is 0 Å². The summed E-state index contributed by atoms with van der Waals surface area (Å²) in [5.41, 5.74) is 2.27. The van der Waals surface area contributed by atoms with Gasteiger partial charge >= 0.3 is 0 Å². The number of rotatable bonds is 4. The van der Waals surface area contributed by atoms with Crippen LogP contribution in [0, 0.1) is 17.0 Å². The Morgan fingerprint density at radius 3 is 2.94 bits per heavy atom. The lowest BCUT2D eigenvalue weighted by molar-refractivity contribution is -0.384. The fourth-order valence-electron chi connectivity index (χ4n) is 2.68. The van der Waals surface area contributed by atoms with Gasteiger partial charge in [-0.3, -0.25) is 10.1 Å². The van der Waals surface area contributed by atoms with Gasteiger partial charge in [0.05, 0.1) is 4.92 Å².